The lowest BCUT2D eigenvalue weighted by atomic mass is 10.4. The lowest BCUT2D eigenvalue weighted by Crippen LogP contribution is -2.24. The lowest BCUT2D eigenvalue weighted by Gasteiger charge is -2.09. The molecule has 0 N–H and O–H groups in total. The number of sulfonamides is 1. The third kappa shape index (κ3) is 2.90. The van der Waals surface area contributed by atoms with E-state index in [0.29, 0.717) is 5.82 Å². The van der Waals surface area contributed by atoms with Gasteiger partial charge in [-0.1, -0.05) is 11.2 Å². The fourth-order valence-corrected chi connectivity index (χ4v) is 2.13. The predicted octanol–water partition coefficient (Wildman–Crippen LogP) is 1.19. The van der Waals surface area contributed by atoms with E-state index in [4.69, 9.17) is 4.52 Å². The Morgan fingerprint density at radius 1 is 1.53 bits per heavy atom. The number of nitrogens with zero attached hydrogens (tertiary/aromatic N) is 3. The molecule has 0 bridgehead atoms. The van der Waals surface area contributed by atoms with Gasteiger partial charge < -0.3 is 4.52 Å². The molecule has 0 atom stereocenters. The Morgan fingerprint density at radius 2 is 2.29 bits per heavy atom. The summed E-state index contributed by atoms with van der Waals surface area (Å²) in [7, 11) is -1.77. The summed E-state index contributed by atoms with van der Waals surface area (Å²) in [6.07, 6.45) is 1.13. The van der Waals surface area contributed by atoms with Crippen molar-refractivity contribution in [1.82, 2.24) is 14.4 Å². The minimum atomic E-state index is -3.24. The van der Waals surface area contributed by atoms with Crippen LogP contribution in [0.5, 0.6) is 0 Å². The van der Waals surface area contributed by atoms with Crippen molar-refractivity contribution in [2.45, 2.75) is 6.54 Å². The summed E-state index contributed by atoms with van der Waals surface area (Å²) in [5.41, 5.74) is 0. The Labute approximate surface area is 103 Å². The summed E-state index contributed by atoms with van der Waals surface area (Å²) < 4.78 is 28.6. The predicted molar refractivity (Wildman–Crippen MR) is 63.9 cm³/mol. The van der Waals surface area contributed by atoms with Crippen molar-refractivity contribution in [2.24, 2.45) is 0 Å². The molecule has 17 heavy (non-hydrogen) atoms. The number of aromatic nitrogens is 2. The van der Waals surface area contributed by atoms with Crippen LogP contribution in [-0.2, 0) is 16.6 Å². The molecule has 0 aromatic carbocycles. The summed E-state index contributed by atoms with van der Waals surface area (Å²) in [6, 6.07) is 3.76. The lowest BCUT2D eigenvalue weighted by molar-refractivity contribution is 0.337. The maximum absolute atomic E-state index is 11.2. The zero-order valence-corrected chi connectivity index (χ0v) is 11.0. The topological polar surface area (TPSA) is 76.3 Å². The quantitative estimate of drug-likeness (QED) is 0.836. The fraction of sp³-hybridized carbons (Fsp3) is 0.333. The molecule has 92 valence electrons. The van der Waals surface area contributed by atoms with Gasteiger partial charge >= 0.3 is 0 Å². The van der Waals surface area contributed by atoms with E-state index in [1.807, 2.05) is 17.5 Å². The molecule has 0 unspecified atom stereocenters. The summed E-state index contributed by atoms with van der Waals surface area (Å²) in [5, 5.41) is 5.71. The third-order valence-electron chi connectivity index (χ3n) is 2.13. The molecule has 0 aliphatic heterocycles. The Kier molecular flexibility index (Phi) is 3.27. The largest absolute Gasteiger partial charge is 0.337 e. The first-order chi connectivity index (χ1) is 7.97. The van der Waals surface area contributed by atoms with E-state index in [2.05, 4.69) is 10.1 Å². The molecule has 0 radical (unpaired) electrons. The number of hydrogen-bond donors (Lipinski definition) is 0. The zero-order chi connectivity index (χ0) is 12.5. The van der Waals surface area contributed by atoms with E-state index in [1.165, 1.54) is 18.4 Å². The van der Waals surface area contributed by atoms with Gasteiger partial charge in [-0.2, -0.15) is 9.29 Å². The molecule has 2 heterocycles. The second kappa shape index (κ2) is 4.55. The SMILES string of the molecule is CN(Cc1nc(-c2cccs2)no1)S(C)(=O)=O. The van der Waals surface area contributed by atoms with Crippen molar-refractivity contribution in [1.29, 1.82) is 0 Å². The molecule has 0 fully saturated rings. The van der Waals surface area contributed by atoms with Crippen LogP contribution in [0.4, 0.5) is 0 Å². The van der Waals surface area contributed by atoms with Gasteiger partial charge in [0.2, 0.25) is 21.7 Å². The molecule has 0 aliphatic carbocycles. The summed E-state index contributed by atoms with van der Waals surface area (Å²) in [6.45, 7) is 0.0806. The van der Waals surface area contributed by atoms with Gasteiger partial charge in [-0.3, -0.25) is 0 Å². The molecule has 0 spiro atoms. The molecule has 8 heteroatoms. The van der Waals surface area contributed by atoms with Crippen molar-refractivity contribution in [2.75, 3.05) is 13.3 Å². The number of rotatable bonds is 4. The van der Waals surface area contributed by atoms with Gasteiger partial charge in [-0.15, -0.1) is 11.3 Å². The smallest absolute Gasteiger partial charge is 0.242 e. The van der Waals surface area contributed by atoms with Gasteiger partial charge in [0.1, 0.15) is 0 Å². The first kappa shape index (κ1) is 12.2. The minimum Gasteiger partial charge on any atom is -0.337 e. The van der Waals surface area contributed by atoms with E-state index < -0.39 is 10.0 Å². The summed E-state index contributed by atoms with van der Waals surface area (Å²) in [4.78, 5) is 5.02. The molecule has 0 aliphatic rings. The van der Waals surface area contributed by atoms with Gasteiger partial charge in [0.25, 0.3) is 0 Å². The van der Waals surface area contributed by atoms with Crippen LogP contribution < -0.4 is 0 Å². The number of hydrogen-bond acceptors (Lipinski definition) is 6. The van der Waals surface area contributed by atoms with Crippen LogP contribution in [0.15, 0.2) is 22.0 Å². The van der Waals surface area contributed by atoms with Crippen LogP contribution in [0.2, 0.25) is 0 Å². The molecule has 0 saturated heterocycles. The maximum atomic E-state index is 11.2. The summed E-state index contributed by atoms with van der Waals surface area (Å²) in [5.74, 6) is 0.762. The normalized spacial score (nSPS) is 12.2. The van der Waals surface area contributed by atoms with Crippen LogP contribution in [0.1, 0.15) is 5.89 Å². The van der Waals surface area contributed by atoms with Crippen LogP contribution >= 0.6 is 11.3 Å². The number of thiophene rings is 1. The van der Waals surface area contributed by atoms with E-state index in [9.17, 15) is 8.42 Å². The minimum absolute atomic E-state index is 0.0806. The van der Waals surface area contributed by atoms with Gasteiger partial charge in [-0.05, 0) is 11.4 Å². The zero-order valence-electron chi connectivity index (χ0n) is 9.32. The molecule has 6 nitrogen and oxygen atoms in total. The Morgan fingerprint density at radius 3 is 2.88 bits per heavy atom. The highest BCUT2D eigenvalue weighted by Crippen LogP contribution is 2.21. The van der Waals surface area contributed by atoms with E-state index >= 15 is 0 Å². The highest BCUT2D eigenvalue weighted by molar-refractivity contribution is 7.88. The Balaban J connectivity index is 2.15. The first-order valence-electron chi connectivity index (χ1n) is 4.74. The molecule has 2 aromatic rings. The monoisotopic (exact) mass is 273 g/mol. The average molecular weight is 273 g/mol. The van der Waals surface area contributed by atoms with Gasteiger partial charge in [-0.25, -0.2) is 8.42 Å². The van der Waals surface area contributed by atoms with Crippen molar-refractivity contribution < 1.29 is 12.9 Å². The van der Waals surface area contributed by atoms with Crippen LogP contribution in [0.3, 0.4) is 0 Å². The van der Waals surface area contributed by atoms with E-state index in [1.54, 1.807) is 0 Å². The summed E-state index contributed by atoms with van der Waals surface area (Å²) >= 11 is 1.50. The van der Waals surface area contributed by atoms with E-state index in [-0.39, 0.29) is 12.4 Å². The molecular weight excluding hydrogens is 262 g/mol. The Hall–Kier alpha value is -1.25. The van der Waals surface area contributed by atoms with Crippen LogP contribution in [0.25, 0.3) is 10.7 Å². The third-order valence-corrected chi connectivity index (χ3v) is 4.26. The maximum Gasteiger partial charge on any atom is 0.242 e. The molecule has 0 amide bonds. The van der Waals surface area contributed by atoms with Crippen molar-refractivity contribution in [3.8, 4) is 10.7 Å². The fourth-order valence-electron chi connectivity index (χ4n) is 1.13. The Bertz CT molecular complexity index is 589. The van der Waals surface area contributed by atoms with Crippen molar-refractivity contribution in [3.63, 3.8) is 0 Å². The average Bonchev–Trinajstić information content (AvgIpc) is 2.83. The van der Waals surface area contributed by atoms with Crippen LogP contribution in [0, 0.1) is 0 Å². The molecule has 2 aromatic heterocycles. The van der Waals surface area contributed by atoms with Gasteiger partial charge in [0.15, 0.2) is 0 Å². The second-order valence-corrected chi connectivity index (χ2v) is 6.55. The molecular formula is C9H11N3O3S2. The van der Waals surface area contributed by atoms with Gasteiger partial charge in [0, 0.05) is 7.05 Å². The molecule has 2 rings (SSSR count). The first-order valence-corrected chi connectivity index (χ1v) is 7.47. The molecule has 0 saturated carbocycles. The highest BCUT2D eigenvalue weighted by Gasteiger charge is 2.16. The van der Waals surface area contributed by atoms with Crippen molar-refractivity contribution in [3.05, 3.63) is 23.4 Å². The van der Waals surface area contributed by atoms with E-state index in [0.717, 1.165) is 15.4 Å². The second-order valence-electron chi connectivity index (χ2n) is 3.51. The van der Waals surface area contributed by atoms with Crippen molar-refractivity contribution >= 4 is 21.4 Å². The standard InChI is InChI=1S/C9H11N3O3S2/c1-12(17(2,13)14)6-8-10-9(11-15-8)7-4-3-5-16-7/h3-5H,6H2,1-2H3. The highest BCUT2D eigenvalue weighted by atomic mass is 32.2. The van der Waals surface area contributed by atoms with Gasteiger partial charge in [0.05, 0.1) is 17.7 Å². The van der Waals surface area contributed by atoms with Crippen LogP contribution in [-0.4, -0.2) is 36.2 Å².